The number of hydrogen-bond acceptors (Lipinski definition) is 6. The van der Waals surface area contributed by atoms with Crippen LogP contribution < -0.4 is 11.3 Å². The van der Waals surface area contributed by atoms with Crippen molar-refractivity contribution in [1.29, 1.82) is 0 Å². The Bertz CT molecular complexity index is 1710. The third-order valence-electron chi connectivity index (χ3n) is 6.08. The van der Waals surface area contributed by atoms with E-state index in [1.54, 1.807) is 54.6 Å². The van der Waals surface area contributed by atoms with E-state index in [2.05, 4.69) is 4.98 Å². The van der Waals surface area contributed by atoms with Crippen LogP contribution in [0.1, 0.15) is 22.7 Å². The molecule has 0 atom stereocenters. The molecule has 166 valence electrons. The second-order valence-electron chi connectivity index (χ2n) is 8.04. The van der Waals surface area contributed by atoms with Crippen molar-refractivity contribution in [3.8, 4) is 11.5 Å². The van der Waals surface area contributed by atoms with E-state index in [0.717, 1.165) is 10.9 Å². The summed E-state index contributed by atoms with van der Waals surface area (Å²) >= 11 is 0. The molecule has 0 saturated heterocycles. The number of aromatic hydroxyl groups is 2. The van der Waals surface area contributed by atoms with Gasteiger partial charge in [-0.2, -0.15) is 0 Å². The first-order valence-corrected chi connectivity index (χ1v) is 10.6. The summed E-state index contributed by atoms with van der Waals surface area (Å²) in [5.74, 6) is -1.85. The molecule has 3 N–H and O–H groups in total. The van der Waals surface area contributed by atoms with Crippen molar-refractivity contribution in [1.82, 2.24) is 4.98 Å². The van der Waals surface area contributed by atoms with Crippen molar-refractivity contribution in [2.24, 2.45) is 0 Å². The van der Waals surface area contributed by atoms with Crippen LogP contribution in [0.5, 0.6) is 11.5 Å². The number of rotatable bonds is 3. The third kappa shape index (κ3) is 2.91. The molecular formula is C27H17NO6. The SMILES string of the molecule is O=c1oc2ccccc2c(O)c1C(c1cc2ccccc2[nH]1)c1c(O)c2ccccc2oc1=O. The maximum absolute atomic E-state index is 13.2. The highest BCUT2D eigenvalue weighted by atomic mass is 16.4. The van der Waals surface area contributed by atoms with Gasteiger partial charge in [-0.1, -0.05) is 42.5 Å². The van der Waals surface area contributed by atoms with Crippen LogP contribution in [-0.4, -0.2) is 15.2 Å². The molecule has 0 aliphatic heterocycles. The van der Waals surface area contributed by atoms with Gasteiger partial charge in [0.15, 0.2) is 0 Å². The Morgan fingerprint density at radius 2 is 1.18 bits per heavy atom. The molecule has 3 aromatic heterocycles. The van der Waals surface area contributed by atoms with E-state index in [1.807, 2.05) is 24.3 Å². The lowest BCUT2D eigenvalue weighted by Gasteiger charge is -2.18. The quantitative estimate of drug-likeness (QED) is 0.327. The van der Waals surface area contributed by atoms with Gasteiger partial charge in [0.2, 0.25) is 0 Å². The molecule has 0 aliphatic rings. The maximum atomic E-state index is 13.2. The Balaban J connectivity index is 1.75. The molecule has 0 radical (unpaired) electrons. The molecule has 34 heavy (non-hydrogen) atoms. The van der Waals surface area contributed by atoms with Gasteiger partial charge < -0.3 is 24.0 Å². The van der Waals surface area contributed by atoms with E-state index in [0.29, 0.717) is 16.5 Å². The van der Waals surface area contributed by atoms with Crippen molar-refractivity contribution in [2.75, 3.05) is 0 Å². The first kappa shape index (κ1) is 19.9. The predicted octanol–water partition coefficient (Wildman–Crippen LogP) is 4.97. The monoisotopic (exact) mass is 451 g/mol. The number of aromatic nitrogens is 1. The molecule has 6 rings (SSSR count). The van der Waals surface area contributed by atoms with Crippen molar-refractivity contribution in [3.63, 3.8) is 0 Å². The van der Waals surface area contributed by atoms with E-state index in [1.165, 1.54) is 0 Å². The molecule has 0 bridgehead atoms. The highest BCUT2D eigenvalue weighted by Gasteiger charge is 2.33. The molecule has 0 spiro atoms. The minimum atomic E-state index is -1.19. The standard InChI is InChI=1S/C27H17NO6/c29-24-15-8-2-5-11-19(15)33-26(31)22(24)21(18-13-14-7-1-4-10-17(14)28-18)23-25(30)16-9-3-6-12-20(16)34-27(23)32/h1-13,21,28-30H. The second-order valence-corrected chi connectivity index (χ2v) is 8.04. The highest BCUT2D eigenvalue weighted by molar-refractivity contribution is 5.87. The summed E-state index contributed by atoms with van der Waals surface area (Å²) in [6.45, 7) is 0. The summed E-state index contributed by atoms with van der Waals surface area (Å²) in [6, 6.07) is 22.3. The van der Waals surface area contributed by atoms with Gasteiger partial charge in [-0.05, 0) is 41.8 Å². The lowest BCUT2D eigenvalue weighted by molar-refractivity contribution is 0.441. The Morgan fingerprint density at radius 3 is 1.74 bits per heavy atom. The molecule has 0 aliphatic carbocycles. The minimum absolute atomic E-state index is 0.178. The number of benzene rings is 3. The average molecular weight is 451 g/mol. The van der Waals surface area contributed by atoms with Crippen molar-refractivity contribution in [2.45, 2.75) is 5.92 Å². The smallest absolute Gasteiger partial charge is 0.344 e. The normalized spacial score (nSPS) is 11.7. The van der Waals surface area contributed by atoms with Gasteiger partial charge >= 0.3 is 11.3 Å². The number of H-pyrrole nitrogens is 1. The third-order valence-corrected chi connectivity index (χ3v) is 6.08. The molecule has 7 nitrogen and oxygen atoms in total. The summed E-state index contributed by atoms with van der Waals surface area (Å²) in [6.07, 6.45) is 0. The van der Waals surface area contributed by atoms with Crippen LogP contribution in [0.25, 0.3) is 32.8 Å². The maximum Gasteiger partial charge on any atom is 0.344 e. The zero-order valence-electron chi connectivity index (χ0n) is 17.6. The summed E-state index contributed by atoms with van der Waals surface area (Å²) < 4.78 is 11.0. The Morgan fingerprint density at radius 1 is 0.676 bits per heavy atom. The molecule has 0 fully saturated rings. The first-order chi connectivity index (χ1) is 16.5. The molecule has 3 heterocycles. The molecule has 0 amide bonds. The van der Waals surface area contributed by atoms with Crippen LogP contribution >= 0.6 is 0 Å². The topological polar surface area (TPSA) is 117 Å². The van der Waals surface area contributed by atoms with E-state index >= 15 is 0 Å². The number of hydrogen-bond donors (Lipinski definition) is 3. The molecule has 7 heteroatoms. The molecule has 6 aromatic rings. The first-order valence-electron chi connectivity index (χ1n) is 10.6. The van der Waals surface area contributed by atoms with Gasteiger partial charge in [-0.15, -0.1) is 0 Å². The van der Waals surface area contributed by atoms with Gasteiger partial charge in [-0.3, -0.25) is 0 Å². The molecular weight excluding hydrogens is 434 g/mol. The minimum Gasteiger partial charge on any atom is -0.507 e. The average Bonchev–Trinajstić information content (AvgIpc) is 3.27. The van der Waals surface area contributed by atoms with Gasteiger partial charge in [0.25, 0.3) is 0 Å². The van der Waals surface area contributed by atoms with Crippen LogP contribution in [0.3, 0.4) is 0 Å². The zero-order valence-corrected chi connectivity index (χ0v) is 17.6. The van der Waals surface area contributed by atoms with Crippen molar-refractivity contribution >= 4 is 32.8 Å². The Kier molecular flexibility index (Phi) is 4.31. The van der Waals surface area contributed by atoms with Crippen LogP contribution in [0, 0.1) is 0 Å². The van der Waals surface area contributed by atoms with Crippen LogP contribution in [0.15, 0.2) is 97.3 Å². The summed E-state index contributed by atoms with van der Waals surface area (Å²) in [5, 5.41) is 23.9. The number of aromatic amines is 1. The van der Waals surface area contributed by atoms with Crippen LogP contribution in [-0.2, 0) is 0 Å². The summed E-state index contributed by atoms with van der Waals surface area (Å²) in [5.41, 5.74) is -0.420. The highest BCUT2D eigenvalue weighted by Crippen LogP contribution is 2.42. The van der Waals surface area contributed by atoms with Gasteiger partial charge in [0.05, 0.1) is 27.8 Å². The largest absolute Gasteiger partial charge is 0.507 e. The van der Waals surface area contributed by atoms with Gasteiger partial charge in [0, 0.05) is 11.2 Å². The predicted molar refractivity (Wildman–Crippen MR) is 128 cm³/mol. The summed E-state index contributed by atoms with van der Waals surface area (Å²) in [7, 11) is 0. The van der Waals surface area contributed by atoms with E-state index in [4.69, 9.17) is 8.83 Å². The van der Waals surface area contributed by atoms with E-state index in [-0.39, 0.29) is 33.8 Å². The number of nitrogens with one attached hydrogen (secondary N) is 1. The fourth-order valence-electron chi connectivity index (χ4n) is 4.51. The summed E-state index contributed by atoms with van der Waals surface area (Å²) in [4.78, 5) is 29.6. The zero-order chi connectivity index (χ0) is 23.4. The Hall–Kier alpha value is -4.78. The van der Waals surface area contributed by atoms with Crippen molar-refractivity contribution < 1.29 is 19.0 Å². The lowest BCUT2D eigenvalue weighted by atomic mass is 9.88. The van der Waals surface area contributed by atoms with Crippen molar-refractivity contribution in [3.05, 3.63) is 117 Å². The number of para-hydroxylation sites is 3. The molecule has 0 unspecified atom stereocenters. The molecule has 0 saturated carbocycles. The lowest BCUT2D eigenvalue weighted by Crippen LogP contribution is -2.21. The van der Waals surface area contributed by atoms with Crippen LogP contribution in [0.2, 0.25) is 0 Å². The Labute approximate surface area is 191 Å². The fourth-order valence-corrected chi connectivity index (χ4v) is 4.51. The number of fused-ring (bicyclic) bond motifs is 3. The van der Waals surface area contributed by atoms with E-state index in [9.17, 15) is 19.8 Å². The molecule has 3 aromatic carbocycles. The van der Waals surface area contributed by atoms with Crippen LogP contribution in [0.4, 0.5) is 0 Å². The van der Waals surface area contributed by atoms with Gasteiger partial charge in [0.1, 0.15) is 22.7 Å². The van der Waals surface area contributed by atoms with E-state index < -0.39 is 17.2 Å². The fraction of sp³-hybridized carbons (Fsp3) is 0.0370. The second kappa shape index (κ2) is 7.38. The van der Waals surface area contributed by atoms with Gasteiger partial charge in [-0.25, -0.2) is 9.59 Å².